The highest BCUT2D eigenvalue weighted by molar-refractivity contribution is 5.86. The van der Waals surface area contributed by atoms with E-state index in [1.807, 2.05) is 0 Å². The largest absolute Gasteiger partial charge is 0.124 e. The van der Waals surface area contributed by atoms with Crippen molar-refractivity contribution in [1.29, 1.82) is 0 Å². The van der Waals surface area contributed by atoms with Crippen LogP contribution in [0.25, 0.3) is 5.57 Å². The standard InChI is InChI=1S/C43H44.C2H2/c1-4-34-22-13-8-6-7-9-20-29-39(36-25-16-11-17-26-36)41-31-21-30-40(43(34)41)38(5-2)42(37-27-18-12-19-28-37)32-33(3)35-23-14-10-15-24-35;1-2/h4,7,9-27,29,31-33,37H,1,5-6,8,28,30H2,2-3H3;1-2H/b9-7+,22-13+,29-20+,40-38+,41-39+,42-32-,43-34-;. The number of allylic oxidation sites excluding steroid dienone is 21. The van der Waals surface area contributed by atoms with Gasteiger partial charge in [0.25, 0.3) is 0 Å². The number of rotatable bonds is 7. The normalized spacial score (nSPS) is 25.3. The van der Waals surface area contributed by atoms with Crippen molar-refractivity contribution >= 4 is 5.57 Å². The molecule has 0 bridgehead atoms. The molecule has 3 aliphatic rings. The lowest BCUT2D eigenvalue weighted by molar-refractivity contribution is 0.745. The van der Waals surface area contributed by atoms with Crippen LogP contribution >= 0.6 is 0 Å². The Morgan fingerprint density at radius 2 is 1.53 bits per heavy atom. The van der Waals surface area contributed by atoms with E-state index in [1.165, 1.54) is 50.1 Å². The van der Waals surface area contributed by atoms with Crippen molar-refractivity contribution in [2.24, 2.45) is 5.92 Å². The molecule has 45 heavy (non-hydrogen) atoms. The molecule has 2 unspecified atom stereocenters. The van der Waals surface area contributed by atoms with Crippen molar-refractivity contribution in [2.75, 3.05) is 0 Å². The monoisotopic (exact) mass is 586 g/mol. The molecule has 2 aromatic rings. The predicted octanol–water partition coefficient (Wildman–Crippen LogP) is 12.2. The summed E-state index contributed by atoms with van der Waals surface area (Å²) in [6.45, 7) is 9.00. The molecule has 5 rings (SSSR count). The zero-order valence-corrected chi connectivity index (χ0v) is 26.9. The van der Waals surface area contributed by atoms with Gasteiger partial charge in [0.2, 0.25) is 0 Å². The van der Waals surface area contributed by atoms with Crippen LogP contribution in [0.5, 0.6) is 0 Å². The van der Waals surface area contributed by atoms with Gasteiger partial charge < -0.3 is 0 Å². The van der Waals surface area contributed by atoms with E-state index >= 15 is 0 Å². The third-order valence-electron chi connectivity index (χ3n) is 8.57. The van der Waals surface area contributed by atoms with Gasteiger partial charge in [0.05, 0.1) is 0 Å². The van der Waals surface area contributed by atoms with Gasteiger partial charge in [-0.2, -0.15) is 0 Å². The molecule has 0 saturated carbocycles. The molecule has 0 spiro atoms. The molecular weight excluding hydrogens is 540 g/mol. The van der Waals surface area contributed by atoms with E-state index in [-0.39, 0.29) is 0 Å². The van der Waals surface area contributed by atoms with E-state index < -0.39 is 0 Å². The van der Waals surface area contributed by atoms with Crippen molar-refractivity contribution in [2.45, 2.75) is 51.9 Å². The lowest BCUT2D eigenvalue weighted by atomic mass is 9.75. The van der Waals surface area contributed by atoms with Crippen LogP contribution in [0.15, 0.2) is 186 Å². The van der Waals surface area contributed by atoms with Gasteiger partial charge in [0, 0.05) is 5.92 Å². The third-order valence-corrected chi connectivity index (χ3v) is 8.57. The summed E-state index contributed by atoms with van der Waals surface area (Å²) in [5.41, 5.74) is 11.9. The van der Waals surface area contributed by atoms with Gasteiger partial charge >= 0.3 is 0 Å². The first-order chi connectivity index (χ1) is 22.2. The summed E-state index contributed by atoms with van der Waals surface area (Å²) in [6, 6.07) is 21.7. The highest BCUT2D eigenvalue weighted by Gasteiger charge is 2.26. The first-order valence-electron chi connectivity index (χ1n) is 16.2. The van der Waals surface area contributed by atoms with Crippen LogP contribution in [0, 0.1) is 18.8 Å². The fourth-order valence-corrected chi connectivity index (χ4v) is 6.39. The fraction of sp³-hybridized carbons (Fsp3) is 0.200. The van der Waals surface area contributed by atoms with Crippen LogP contribution in [0.3, 0.4) is 0 Å². The summed E-state index contributed by atoms with van der Waals surface area (Å²) in [5, 5.41) is 0. The Hall–Kier alpha value is -4.86. The maximum Gasteiger partial charge on any atom is 0.00556 e. The molecule has 0 saturated heterocycles. The second kappa shape index (κ2) is 17.4. The zero-order chi connectivity index (χ0) is 31.9. The lowest BCUT2D eigenvalue weighted by Crippen LogP contribution is -2.12. The maximum atomic E-state index is 4.34. The SMILES string of the molecule is C#C.C=CC1=C2C(=C(c3ccccc3)\C=C\C=C\CC\C=C\1)/C=CCC/2=C(CC)\C(=C/C(C)c1ccccc1)C1C=CC=CC1. The van der Waals surface area contributed by atoms with Gasteiger partial charge in [-0.15, -0.1) is 12.8 Å². The topological polar surface area (TPSA) is 0 Å². The van der Waals surface area contributed by atoms with E-state index in [9.17, 15) is 0 Å². The molecular formula is C45H46. The maximum absolute atomic E-state index is 4.34. The Kier molecular flexibility index (Phi) is 12.8. The Morgan fingerprint density at radius 3 is 2.22 bits per heavy atom. The Bertz CT molecular complexity index is 1630. The molecule has 0 aliphatic heterocycles. The van der Waals surface area contributed by atoms with Crippen molar-refractivity contribution in [3.8, 4) is 12.8 Å². The van der Waals surface area contributed by atoms with E-state index in [4.69, 9.17) is 0 Å². The lowest BCUT2D eigenvalue weighted by Gasteiger charge is -2.29. The Morgan fingerprint density at radius 1 is 0.822 bits per heavy atom. The first-order valence-corrected chi connectivity index (χ1v) is 16.2. The molecule has 0 amide bonds. The van der Waals surface area contributed by atoms with Crippen LogP contribution in [-0.2, 0) is 0 Å². The highest BCUT2D eigenvalue weighted by Crippen LogP contribution is 2.43. The summed E-state index contributed by atoms with van der Waals surface area (Å²) in [5.74, 6) is 0.663. The number of hydrogen-bond acceptors (Lipinski definition) is 0. The molecule has 0 heterocycles. The average Bonchev–Trinajstić information content (AvgIpc) is 3.10. The number of hydrogen-bond donors (Lipinski definition) is 0. The number of fused-ring (bicyclic) bond motifs is 1. The Balaban J connectivity index is 0.00000226. The molecule has 0 fully saturated rings. The van der Waals surface area contributed by atoms with Gasteiger partial charge in [0.1, 0.15) is 0 Å². The van der Waals surface area contributed by atoms with Crippen LogP contribution in [0.2, 0.25) is 0 Å². The van der Waals surface area contributed by atoms with Crippen LogP contribution in [-0.4, -0.2) is 0 Å². The molecule has 0 heteroatoms. The van der Waals surface area contributed by atoms with Crippen molar-refractivity contribution in [1.82, 2.24) is 0 Å². The molecule has 0 radical (unpaired) electrons. The molecule has 2 aromatic carbocycles. The highest BCUT2D eigenvalue weighted by atomic mass is 14.3. The van der Waals surface area contributed by atoms with Gasteiger partial charge in [-0.25, -0.2) is 0 Å². The quantitative estimate of drug-likeness (QED) is 0.283. The third kappa shape index (κ3) is 8.41. The predicted molar refractivity (Wildman–Crippen MR) is 198 cm³/mol. The first kappa shape index (κ1) is 33.0. The summed E-state index contributed by atoms with van der Waals surface area (Å²) >= 11 is 0. The minimum Gasteiger partial charge on any atom is -0.124 e. The van der Waals surface area contributed by atoms with Crippen LogP contribution in [0.1, 0.15) is 63.0 Å². The van der Waals surface area contributed by atoms with E-state index in [0.29, 0.717) is 11.8 Å². The van der Waals surface area contributed by atoms with Gasteiger partial charge in [-0.05, 0) is 88.2 Å². The van der Waals surface area contributed by atoms with Crippen molar-refractivity contribution in [3.05, 3.63) is 197 Å². The molecule has 0 N–H and O–H groups in total. The van der Waals surface area contributed by atoms with Crippen LogP contribution in [0.4, 0.5) is 0 Å². The average molecular weight is 587 g/mol. The fourth-order valence-electron chi connectivity index (χ4n) is 6.39. The molecule has 3 aliphatic carbocycles. The van der Waals surface area contributed by atoms with Gasteiger partial charge in [-0.1, -0.05) is 166 Å². The minimum atomic E-state index is 0.311. The van der Waals surface area contributed by atoms with Crippen molar-refractivity contribution < 1.29 is 0 Å². The molecule has 0 nitrogen and oxygen atoms in total. The van der Waals surface area contributed by atoms with Crippen LogP contribution < -0.4 is 0 Å². The van der Waals surface area contributed by atoms with E-state index in [1.54, 1.807) is 0 Å². The molecule has 0 aromatic heterocycles. The zero-order valence-electron chi connectivity index (χ0n) is 26.9. The van der Waals surface area contributed by atoms with Gasteiger partial charge in [-0.3, -0.25) is 0 Å². The summed E-state index contributed by atoms with van der Waals surface area (Å²) < 4.78 is 0. The number of terminal acetylenes is 1. The molecule has 2 atom stereocenters. The second-order valence-electron chi connectivity index (χ2n) is 11.4. The minimum absolute atomic E-state index is 0.311. The Labute approximate surface area is 272 Å². The number of benzene rings is 2. The second-order valence-corrected chi connectivity index (χ2v) is 11.4. The summed E-state index contributed by atoms with van der Waals surface area (Å²) in [6.07, 6.45) is 44.9. The van der Waals surface area contributed by atoms with Crippen molar-refractivity contribution in [3.63, 3.8) is 0 Å². The summed E-state index contributed by atoms with van der Waals surface area (Å²) in [4.78, 5) is 0. The summed E-state index contributed by atoms with van der Waals surface area (Å²) in [7, 11) is 0. The van der Waals surface area contributed by atoms with E-state index in [0.717, 1.165) is 32.1 Å². The van der Waals surface area contributed by atoms with Gasteiger partial charge in [0.15, 0.2) is 0 Å². The van der Waals surface area contributed by atoms with E-state index in [2.05, 4.69) is 179 Å². The molecule has 226 valence electrons. The smallest absolute Gasteiger partial charge is 0.00556 e.